The number of nitrogens with one attached hydrogen (secondary N) is 1. The van der Waals surface area contributed by atoms with Gasteiger partial charge in [0.2, 0.25) is 5.91 Å². The first-order valence-corrected chi connectivity index (χ1v) is 6.92. The van der Waals surface area contributed by atoms with E-state index in [-0.39, 0.29) is 5.91 Å². The fraction of sp³-hybridized carbons (Fsp3) is 0.533. The monoisotopic (exact) mass is 261 g/mol. The van der Waals surface area contributed by atoms with Gasteiger partial charge < -0.3 is 15.1 Å². The average molecular weight is 261 g/mol. The highest BCUT2D eigenvalue weighted by Crippen LogP contribution is 2.26. The number of hydrogen-bond acceptors (Lipinski definition) is 3. The molecule has 0 saturated heterocycles. The molecule has 1 aliphatic rings. The summed E-state index contributed by atoms with van der Waals surface area (Å²) in [6.07, 6.45) is 2.33. The van der Waals surface area contributed by atoms with E-state index in [4.69, 9.17) is 0 Å². The van der Waals surface area contributed by atoms with Gasteiger partial charge in [0.15, 0.2) is 0 Å². The van der Waals surface area contributed by atoms with E-state index in [1.54, 1.807) is 0 Å². The van der Waals surface area contributed by atoms with Crippen LogP contribution in [0.1, 0.15) is 19.8 Å². The third-order valence-corrected chi connectivity index (χ3v) is 3.48. The molecule has 19 heavy (non-hydrogen) atoms. The molecule has 1 saturated carbocycles. The van der Waals surface area contributed by atoms with Gasteiger partial charge in [-0.1, -0.05) is 0 Å². The zero-order valence-corrected chi connectivity index (χ0v) is 12.0. The third kappa shape index (κ3) is 3.63. The first-order chi connectivity index (χ1) is 9.11. The maximum Gasteiger partial charge on any atom is 0.242 e. The number of hydrogen-bond donors (Lipinski definition) is 1. The molecule has 0 aliphatic heterocycles. The molecule has 2 rings (SSSR count). The van der Waals surface area contributed by atoms with Crippen molar-refractivity contribution in [2.75, 3.05) is 37.4 Å². The van der Waals surface area contributed by atoms with Crippen molar-refractivity contribution in [3.8, 4) is 0 Å². The zero-order chi connectivity index (χ0) is 13.8. The molecule has 1 aliphatic carbocycles. The van der Waals surface area contributed by atoms with Crippen LogP contribution in [0, 0.1) is 0 Å². The summed E-state index contributed by atoms with van der Waals surface area (Å²) in [6, 6.07) is 8.61. The van der Waals surface area contributed by atoms with Gasteiger partial charge in [-0.3, -0.25) is 4.79 Å². The van der Waals surface area contributed by atoms with Gasteiger partial charge in [0.05, 0.1) is 6.54 Å². The van der Waals surface area contributed by atoms with E-state index in [0.717, 1.165) is 30.8 Å². The number of rotatable bonds is 6. The van der Waals surface area contributed by atoms with Crippen LogP contribution in [0.25, 0.3) is 0 Å². The van der Waals surface area contributed by atoms with Crippen LogP contribution in [0.2, 0.25) is 0 Å². The van der Waals surface area contributed by atoms with Crippen molar-refractivity contribution in [2.45, 2.75) is 25.8 Å². The zero-order valence-electron chi connectivity index (χ0n) is 12.0. The molecule has 1 N–H and O–H groups in total. The van der Waals surface area contributed by atoms with Crippen LogP contribution in [0.5, 0.6) is 0 Å². The van der Waals surface area contributed by atoms with Crippen LogP contribution < -0.4 is 10.2 Å². The van der Waals surface area contributed by atoms with E-state index in [0.29, 0.717) is 12.6 Å². The standard InChI is InChI=1S/C15H23N3O/c1-4-18(14-9-10-14)15(19)11-16-12-5-7-13(8-6-12)17(2)3/h5-8,14,16H,4,9-11H2,1-3H3. The Morgan fingerprint density at radius 3 is 2.37 bits per heavy atom. The van der Waals surface area contributed by atoms with E-state index in [1.165, 1.54) is 0 Å². The molecule has 0 radical (unpaired) electrons. The van der Waals surface area contributed by atoms with Crippen LogP contribution in [0.4, 0.5) is 11.4 Å². The van der Waals surface area contributed by atoms with Gasteiger partial charge in [-0.2, -0.15) is 0 Å². The van der Waals surface area contributed by atoms with Crippen molar-refractivity contribution >= 4 is 17.3 Å². The van der Waals surface area contributed by atoms with Gasteiger partial charge in [-0.15, -0.1) is 0 Å². The van der Waals surface area contributed by atoms with Crippen molar-refractivity contribution < 1.29 is 4.79 Å². The summed E-state index contributed by atoms with van der Waals surface area (Å²) in [4.78, 5) is 16.1. The Bertz CT molecular complexity index is 424. The molecule has 1 amide bonds. The number of carbonyl (C=O) groups is 1. The molecule has 0 heterocycles. The fourth-order valence-electron chi connectivity index (χ4n) is 2.18. The van der Waals surface area contributed by atoms with Gasteiger partial charge in [0.1, 0.15) is 0 Å². The second kappa shape index (κ2) is 5.95. The molecular formula is C15H23N3O. The quantitative estimate of drug-likeness (QED) is 0.852. The van der Waals surface area contributed by atoms with Crippen LogP contribution in [-0.4, -0.2) is 44.0 Å². The first-order valence-electron chi connectivity index (χ1n) is 6.92. The van der Waals surface area contributed by atoms with E-state index in [1.807, 2.05) is 50.2 Å². The summed E-state index contributed by atoms with van der Waals surface area (Å²) in [5.41, 5.74) is 2.15. The second-order valence-corrected chi connectivity index (χ2v) is 5.21. The van der Waals surface area contributed by atoms with Gasteiger partial charge >= 0.3 is 0 Å². The lowest BCUT2D eigenvalue weighted by Gasteiger charge is -2.21. The minimum atomic E-state index is 0.196. The molecule has 1 aromatic rings. The Balaban J connectivity index is 1.85. The van der Waals surface area contributed by atoms with E-state index < -0.39 is 0 Å². The predicted molar refractivity (Wildman–Crippen MR) is 79.7 cm³/mol. The van der Waals surface area contributed by atoms with Crippen molar-refractivity contribution in [2.24, 2.45) is 0 Å². The molecular weight excluding hydrogens is 238 g/mol. The topological polar surface area (TPSA) is 35.6 Å². The molecule has 0 spiro atoms. The van der Waals surface area contributed by atoms with Crippen LogP contribution in [-0.2, 0) is 4.79 Å². The smallest absolute Gasteiger partial charge is 0.242 e. The number of nitrogens with zero attached hydrogens (tertiary/aromatic N) is 2. The molecule has 0 atom stereocenters. The normalized spacial score (nSPS) is 14.1. The molecule has 1 aromatic carbocycles. The Kier molecular flexibility index (Phi) is 4.30. The van der Waals surface area contributed by atoms with Crippen molar-refractivity contribution in [3.63, 3.8) is 0 Å². The SMILES string of the molecule is CCN(C(=O)CNc1ccc(N(C)C)cc1)C1CC1. The minimum Gasteiger partial charge on any atom is -0.378 e. The number of benzene rings is 1. The lowest BCUT2D eigenvalue weighted by atomic mass is 10.2. The third-order valence-electron chi connectivity index (χ3n) is 3.48. The Morgan fingerprint density at radius 2 is 1.89 bits per heavy atom. The van der Waals surface area contributed by atoms with Gasteiger partial charge in [0, 0.05) is 38.1 Å². The molecule has 0 bridgehead atoms. The molecule has 4 heteroatoms. The first kappa shape index (κ1) is 13.7. The average Bonchev–Trinajstić information content (AvgIpc) is 3.22. The van der Waals surface area contributed by atoms with E-state index in [9.17, 15) is 4.79 Å². The largest absolute Gasteiger partial charge is 0.378 e. The Morgan fingerprint density at radius 1 is 1.26 bits per heavy atom. The summed E-state index contributed by atoms with van der Waals surface area (Å²) >= 11 is 0. The van der Waals surface area contributed by atoms with Gasteiger partial charge in [0.25, 0.3) is 0 Å². The lowest BCUT2D eigenvalue weighted by molar-refractivity contribution is -0.129. The maximum atomic E-state index is 12.1. The van der Waals surface area contributed by atoms with Crippen LogP contribution in [0.3, 0.4) is 0 Å². The van der Waals surface area contributed by atoms with E-state index in [2.05, 4.69) is 10.2 Å². The highest BCUT2D eigenvalue weighted by Gasteiger charge is 2.30. The molecule has 0 aromatic heterocycles. The maximum absolute atomic E-state index is 12.1. The lowest BCUT2D eigenvalue weighted by Crippen LogP contribution is -2.37. The van der Waals surface area contributed by atoms with Crippen molar-refractivity contribution in [3.05, 3.63) is 24.3 Å². The number of anilines is 2. The number of amides is 1. The predicted octanol–water partition coefficient (Wildman–Crippen LogP) is 2.18. The molecule has 104 valence electrons. The van der Waals surface area contributed by atoms with Crippen LogP contribution >= 0.6 is 0 Å². The highest BCUT2D eigenvalue weighted by molar-refractivity contribution is 5.81. The number of likely N-dealkylation sites (N-methyl/N-ethyl adjacent to an activating group) is 1. The van der Waals surface area contributed by atoms with Crippen molar-refractivity contribution in [1.82, 2.24) is 4.90 Å². The van der Waals surface area contributed by atoms with Gasteiger partial charge in [-0.05, 0) is 44.0 Å². The van der Waals surface area contributed by atoms with Gasteiger partial charge in [-0.25, -0.2) is 0 Å². The van der Waals surface area contributed by atoms with Crippen molar-refractivity contribution in [1.29, 1.82) is 0 Å². The number of carbonyl (C=O) groups excluding carboxylic acids is 1. The molecule has 0 unspecified atom stereocenters. The second-order valence-electron chi connectivity index (χ2n) is 5.21. The molecule has 4 nitrogen and oxygen atoms in total. The summed E-state index contributed by atoms with van der Waals surface area (Å²) < 4.78 is 0. The summed E-state index contributed by atoms with van der Waals surface area (Å²) in [6.45, 7) is 3.23. The Labute approximate surface area is 115 Å². The van der Waals surface area contributed by atoms with E-state index >= 15 is 0 Å². The Hall–Kier alpha value is -1.71. The fourth-order valence-corrected chi connectivity index (χ4v) is 2.18. The summed E-state index contributed by atoms with van der Waals surface area (Å²) in [5, 5.41) is 3.20. The minimum absolute atomic E-state index is 0.196. The highest BCUT2D eigenvalue weighted by atomic mass is 16.2. The summed E-state index contributed by atoms with van der Waals surface area (Å²) in [5.74, 6) is 0.196. The van der Waals surface area contributed by atoms with Crippen LogP contribution in [0.15, 0.2) is 24.3 Å². The summed E-state index contributed by atoms with van der Waals surface area (Å²) in [7, 11) is 4.03. The molecule has 1 fully saturated rings.